The zero-order valence-electron chi connectivity index (χ0n) is 17.9. The summed E-state index contributed by atoms with van der Waals surface area (Å²) in [5.74, 6) is -0.0439. The lowest BCUT2D eigenvalue weighted by atomic mass is 10.0. The average Bonchev–Trinajstić information content (AvgIpc) is 2.84. The van der Waals surface area contributed by atoms with E-state index in [-0.39, 0.29) is 35.7 Å². The molecule has 0 spiro atoms. The van der Waals surface area contributed by atoms with Crippen molar-refractivity contribution in [1.82, 2.24) is 10.6 Å². The highest BCUT2D eigenvalue weighted by Gasteiger charge is 2.21. The molecule has 0 saturated carbocycles. The molecule has 2 N–H and O–H groups in total. The first-order valence-corrected chi connectivity index (χ1v) is 12.5. The number of halogens is 3. The summed E-state index contributed by atoms with van der Waals surface area (Å²) in [6.45, 7) is 0. The average molecular weight is 548 g/mol. The van der Waals surface area contributed by atoms with Crippen molar-refractivity contribution >= 4 is 50.9 Å². The van der Waals surface area contributed by atoms with Crippen LogP contribution in [0.3, 0.4) is 0 Å². The Morgan fingerprint density at radius 2 is 1.06 bits per heavy atom. The minimum Gasteiger partial charge on any atom is -0.348 e. The Morgan fingerprint density at radius 1 is 0.667 bits per heavy atom. The van der Waals surface area contributed by atoms with Gasteiger partial charge in [0.25, 0.3) is 11.8 Å². The Labute approximate surface area is 212 Å². The number of hydrogen-bond donors (Lipinski definition) is 2. The lowest BCUT2D eigenvalue weighted by molar-refractivity contribution is 0.0939. The van der Waals surface area contributed by atoms with Gasteiger partial charge in [-0.05, 0) is 52.0 Å². The monoisotopic (exact) mass is 546 g/mol. The first kappa shape index (κ1) is 25.3. The first-order valence-electron chi connectivity index (χ1n) is 10.6. The van der Waals surface area contributed by atoms with Crippen LogP contribution in [0, 0.1) is 0 Å². The number of carbonyl (C=O) groups excluding carboxylic acids is 2. The Morgan fingerprint density at radius 3 is 1.42 bits per heavy atom. The fourth-order valence-electron chi connectivity index (χ4n) is 3.49. The Balaban J connectivity index is 1.69. The topological polar surface area (TPSA) is 58.2 Å². The van der Waals surface area contributed by atoms with Crippen molar-refractivity contribution in [1.29, 1.82) is 0 Å². The first-order chi connectivity index (χ1) is 16.0. The molecule has 0 aromatic heterocycles. The Kier molecular flexibility index (Phi) is 9.79. The summed E-state index contributed by atoms with van der Waals surface area (Å²) in [6.07, 6.45) is 1.23. The second-order valence-corrected chi connectivity index (χ2v) is 9.11. The molecule has 0 bridgehead atoms. The van der Waals surface area contributed by atoms with Crippen molar-refractivity contribution in [2.75, 3.05) is 11.8 Å². The molecule has 0 fully saturated rings. The van der Waals surface area contributed by atoms with Crippen LogP contribution >= 0.6 is 39.1 Å². The summed E-state index contributed by atoms with van der Waals surface area (Å²) in [7, 11) is 0. The standard InChI is InChI=1S/C26H25BrCl2N2O2/c27-24-22(25(32)30-20(16-28)14-18-8-3-1-4-9-18)12-7-13-23(24)26(33)31-21(17-29)15-19-10-5-2-6-11-19/h1-13,20-21H,14-17H2,(H,30,32)(H,31,33)/t20-,21-/m0/s1. The molecule has 0 aliphatic rings. The van der Waals surface area contributed by atoms with Crippen LogP contribution in [0.15, 0.2) is 83.3 Å². The van der Waals surface area contributed by atoms with E-state index in [2.05, 4.69) is 26.6 Å². The van der Waals surface area contributed by atoms with Gasteiger partial charge in [-0.15, -0.1) is 23.2 Å². The van der Waals surface area contributed by atoms with Gasteiger partial charge in [-0.3, -0.25) is 9.59 Å². The molecule has 4 nitrogen and oxygen atoms in total. The van der Waals surface area contributed by atoms with E-state index in [4.69, 9.17) is 23.2 Å². The maximum Gasteiger partial charge on any atom is 0.252 e. The summed E-state index contributed by atoms with van der Waals surface area (Å²) >= 11 is 15.7. The number of rotatable bonds is 10. The van der Waals surface area contributed by atoms with Gasteiger partial charge in [-0.1, -0.05) is 66.7 Å². The van der Waals surface area contributed by atoms with Gasteiger partial charge in [-0.2, -0.15) is 0 Å². The molecule has 2 atom stereocenters. The van der Waals surface area contributed by atoms with Crippen molar-refractivity contribution in [3.05, 3.63) is 106 Å². The SMILES string of the molecule is O=C(N[C@H](CCl)Cc1ccccc1)c1cccc(C(=O)N[C@H](CCl)Cc2ccccc2)c1Br. The van der Waals surface area contributed by atoms with E-state index in [0.717, 1.165) is 11.1 Å². The molecule has 7 heteroatoms. The molecular formula is C26H25BrCl2N2O2. The van der Waals surface area contributed by atoms with Crippen LogP contribution in [0.5, 0.6) is 0 Å². The van der Waals surface area contributed by atoms with E-state index in [1.54, 1.807) is 18.2 Å². The number of alkyl halides is 2. The molecule has 0 radical (unpaired) electrons. The van der Waals surface area contributed by atoms with Crippen LogP contribution in [0.2, 0.25) is 0 Å². The number of amides is 2. The summed E-state index contributed by atoms with van der Waals surface area (Å²) in [4.78, 5) is 25.9. The van der Waals surface area contributed by atoms with E-state index in [1.165, 1.54) is 0 Å². The highest BCUT2D eigenvalue weighted by Crippen LogP contribution is 2.23. The summed E-state index contributed by atoms with van der Waals surface area (Å²) in [5.41, 5.74) is 2.91. The number of benzene rings is 3. The Bertz CT molecular complexity index is 983. The summed E-state index contributed by atoms with van der Waals surface area (Å²) in [6, 6.07) is 24.2. The lowest BCUT2D eigenvalue weighted by Crippen LogP contribution is -2.39. The molecule has 3 rings (SSSR count). The van der Waals surface area contributed by atoms with E-state index >= 15 is 0 Å². The highest BCUT2D eigenvalue weighted by molar-refractivity contribution is 9.10. The van der Waals surface area contributed by atoms with Crippen LogP contribution in [0.4, 0.5) is 0 Å². The van der Waals surface area contributed by atoms with Crippen LogP contribution in [0.25, 0.3) is 0 Å². The van der Waals surface area contributed by atoms with Gasteiger partial charge in [-0.25, -0.2) is 0 Å². The Hall–Kier alpha value is -2.34. The predicted molar refractivity (Wildman–Crippen MR) is 138 cm³/mol. The van der Waals surface area contributed by atoms with Gasteiger partial charge in [0.05, 0.1) is 11.1 Å². The number of carbonyl (C=O) groups is 2. The van der Waals surface area contributed by atoms with Crippen molar-refractivity contribution < 1.29 is 9.59 Å². The zero-order chi connectivity index (χ0) is 23.6. The molecule has 2 amide bonds. The van der Waals surface area contributed by atoms with E-state index in [1.807, 2.05) is 60.7 Å². The van der Waals surface area contributed by atoms with Gasteiger partial charge >= 0.3 is 0 Å². The van der Waals surface area contributed by atoms with E-state index in [9.17, 15) is 9.59 Å². The van der Waals surface area contributed by atoms with Crippen LogP contribution < -0.4 is 10.6 Å². The smallest absolute Gasteiger partial charge is 0.252 e. The quantitative estimate of drug-likeness (QED) is 0.324. The van der Waals surface area contributed by atoms with Gasteiger partial charge < -0.3 is 10.6 Å². The normalized spacial score (nSPS) is 12.6. The minimum absolute atomic E-state index is 0.238. The molecule has 0 saturated heterocycles. The molecule has 0 heterocycles. The fourth-order valence-corrected chi connectivity index (χ4v) is 4.49. The van der Waals surface area contributed by atoms with Gasteiger partial charge in [0, 0.05) is 28.3 Å². The molecule has 33 heavy (non-hydrogen) atoms. The zero-order valence-corrected chi connectivity index (χ0v) is 21.0. The molecular weight excluding hydrogens is 523 g/mol. The minimum atomic E-state index is -0.295. The maximum absolute atomic E-state index is 13.0. The van der Waals surface area contributed by atoms with Crippen molar-refractivity contribution in [2.45, 2.75) is 24.9 Å². The molecule has 0 unspecified atom stereocenters. The second-order valence-electron chi connectivity index (χ2n) is 7.70. The molecule has 3 aromatic rings. The molecule has 0 aliphatic heterocycles. The van der Waals surface area contributed by atoms with E-state index < -0.39 is 0 Å². The van der Waals surface area contributed by atoms with Gasteiger partial charge in [0.15, 0.2) is 0 Å². The van der Waals surface area contributed by atoms with Crippen LogP contribution in [-0.2, 0) is 12.8 Å². The third kappa shape index (κ3) is 7.32. The van der Waals surface area contributed by atoms with Crippen molar-refractivity contribution in [3.63, 3.8) is 0 Å². The second kappa shape index (κ2) is 12.8. The molecule has 172 valence electrons. The number of hydrogen-bond acceptors (Lipinski definition) is 2. The van der Waals surface area contributed by atoms with E-state index in [0.29, 0.717) is 28.4 Å². The third-order valence-electron chi connectivity index (χ3n) is 5.18. The van der Waals surface area contributed by atoms with Gasteiger partial charge in [0.1, 0.15) is 0 Å². The summed E-state index contributed by atoms with van der Waals surface area (Å²) < 4.78 is 0.432. The fraction of sp³-hybridized carbons (Fsp3) is 0.231. The maximum atomic E-state index is 13.0. The predicted octanol–water partition coefficient (Wildman–Crippen LogP) is 5.61. The van der Waals surface area contributed by atoms with Crippen molar-refractivity contribution in [3.8, 4) is 0 Å². The number of nitrogens with one attached hydrogen (secondary N) is 2. The van der Waals surface area contributed by atoms with Crippen LogP contribution in [-0.4, -0.2) is 35.7 Å². The third-order valence-corrected chi connectivity index (χ3v) is 6.78. The lowest BCUT2D eigenvalue weighted by Gasteiger charge is -2.19. The highest BCUT2D eigenvalue weighted by atomic mass is 79.9. The van der Waals surface area contributed by atoms with Crippen LogP contribution in [0.1, 0.15) is 31.8 Å². The largest absolute Gasteiger partial charge is 0.348 e. The molecule has 0 aliphatic carbocycles. The molecule has 3 aromatic carbocycles. The van der Waals surface area contributed by atoms with Crippen molar-refractivity contribution in [2.24, 2.45) is 0 Å². The summed E-state index contributed by atoms with van der Waals surface area (Å²) in [5, 5.41) is 5.94. The van der Waals surface area contributed by atoms with Gasteiger partial charge in [0.2, 0.25) is 0 Å².